The van der Waals surface area contributed by atoms with Crippen LogP contribution in [0.25, 0.3) is 0 Å². The van der Waals surface area contributed by atoms with Crippen LogP contribution in [0.2, 0.25) is 0 Å². The molecule has 110 valence electrons. The number of hydrogen-bond acceptors (Lipinski definition) is 5. The molecule has 0 unspecified atom stereocenters. The molecule has 21 heavy (non-hydrogen) atoms. The minimum atomic E-state index is -0.511. The summed E-state index contributed by atoms with van der Waals surface area (Å²) in [4.78, 5) is 27.5. The van der Waals surface area contributed by atoms with Crippen LogP contribution in [0.3, 0.4) is 0 Å². The van der Waals surface area contributed by atoms with Crippen LogP contribution in [0.5, 0.6) is 0 Å². The van der Waals surface area contributed by atoms with Crippen LogP contribution < -0.4 is 5.32 Å². The monoisotopic (exact) mass is 368 g/mol. The van der Waals surface area contributed by atoms with Gasteiger partial charge in [-0.25, -0.2) is 9.78 Å². The van der Waals surface area contributed by atoms with E-state index in [0.29, 0.717) is 10.7 Å². The molecule has 7 heteroatoms. The maximum atomic E-state index is 11.9. The molecule has 2 aromatic rings. The lowest BCUT2D eigenvalue weighted by molar-refractivity contribution is -0.119. The van der Waals surface area contributed by atoms with E-state index in [2.05, 4.69) is 26.2 Å². The largest absolute Gasteiger partial charge is 0.452 e. The van der Waals surface area contributed by atoms with Crippen LogP contribution in [-0.4, -0.2) is 23.5 Å². The first-order valence-electron chi connectivity index (χ1n) is 6.11. The van der Waals surface area contributed by atoms with Crippen LogP contribution in [0, 0.1) is 13.8 Å². The van der Waals surface area contributed by atoms with Crippen molar-refractivity contribution in [3.05, 3.63) is 44.9 Å². The lowest BCUT2D eigenvalue weighted by Crippen LogP contribution is -2.21. The molecule has 0 saturated heterocycles. The number of nitrogens with zero attached hydrogens (tertiary/aromatic N) is 1. The molecule has 1 amide bonds. The Morgan fingerprint density at radius 3 is 2.76 bits per heavy atom. The number of carbonyl (C=O) groups is 2. The van der Waals surface area contributed by atoms with Gasteiger partial charge in [-0.1, -0.05) is 29.0 Å². The van der Waals surface area contributed by atoms with Crippen molar-refractivity contribution in [2.75, 3.05) is 11.9 Å². The Balaban J connectivity index is 1.90. The molecule has 5 nitrogen and oxygen atoms in total. The second-order valence-corrected chi connectivity index (χ2v) is 6.82. The van der Waals surface area contributed by atoms with Crippen molar-refractivity contribution in [1.82, 2.24) is 4.98 Å². The van der Waals surface area contributed by atoms with Gasteiger partial charge in [0.05, 0.1) is 15.5 Å². The fourth-order valence-corrected chi connectivity index (χ4v) is 2.84. The molecule has 2 rings (SSSR count). The zero-order valence-corrected chi connectivity index (χ0v) is 13.9. The van der Waals surface area contributed by atoms with Crippen molar-refractivity contribution < 1.29 is 14.3 Å². The van der Waals surface area contributed by atoms with Gasteiger partial charge < -0.3 is 4.74 Å². The topological polar surface area (TPSA) is 68.3 Å². The number of ether oxygens (including phenoxy) is 1. The quantitative estimate of drug-likeness (QED) is 0.840. The molecule has 0 aliphatic carbocycles. The number of aryl methyl sites for hydroxylation is 2. The van der Waals surface area contributed by atoms with Crippen molar-refractivity contribution >= 4 is 44.3 Å². The van der Waals surface area contributed by atoms with Gasteiger partial charge >= 0.3 is 5.97 Å². The number of hydrogen-bond donors (Lipinski definition) is 1. The normalized spacial score (nSPS) is 10.2. The number of thiazole rings is 1. The Bertz CT molecular complexity index is 685. The van der Waals surface area contributed by atoms with Crippen LogP contribution in [-0.2, 0) is 9.53 Å². The Morgan fingerprint density at radius 2 is 2.14 bits per heavy atom. The zero-order chi connectivity index (χ0) is 15.4. The molecule has 1 heterocycles. The highest BCUT2D eigenvalue weighted by Gasteiger charge is 2.13. The van der Waals surface area contributed by atoms with E-state index in [-0.39, 0.29) is 6.61 Å². The third kappa shape index (κ3) is 4.37. The average molecular weight is 369 g/mol. The maximum Gasteiger partial charge on any atom is 0.338 e. The number of aromatic nitrogens is 1. The fourth-order valence-electron chi connectivity index (χ4n) is 1.72. The second kappa shape index (κ2) is 6.82. The molecule has 1 N–H and O–H groups in total. The lowest BCUT2D eigenvalue weighted by atomic mass is 10.1. The van der Waals surface area contributed by atoms with Crippen molar-refractivity contribution in [2.24, 2.45) is 0 Å². The molecule has 0 aliphatic rings. The molecule has 0 aliphatic heterocycles. The first-order chi connectivity index (χ1) is 9.95. The predicted molar refractivity (Wildman–Crippen MR) is 84.6 cm³/mol. The third-order valence-electron chi connectivity index (χ3n) is 2.66. The van der Waals surface area contributed by atoms with Gasteiger partial charge in [0.15, 0.2) is 11.7 Å². The summed E-state index contributed by atoms with van der Waals surface area (Å²) >= 11 is 4.53. The summed E-state index contributed by atoms with van der Waals surface area (Å²) in [5, 5.41) is 3.01. The van der Waals surface area contributed by atoms with E-state index in [0.717, 1.165) is 14.9 Å². The summed E-state index contributed by atoms with van der Waals surface area (Å²) in [6, 6.07) is 5.42. The van der Waals surface area contributed by atoms with Gasteiger partial charge in [0.25, 0.3) is 5.91 Å². The number of rotatable bonds is 4. The lowest BCUT2D eigenvalue weighted by Gasteiger charge is -2.07. The maximum absolute atomic E-state index is 11.9. The molecular formula is C14H13BrN2O3S. The summed E-state index contributed by atoms with van der Waals surface area (Å²) in [5.74, 6) is -0.932. The molecular weight excluding hydrogens is 356 g/mol. The third-order valence-corrected chi connectivity index (χ3v) is 4.05. The standard InChI is InChI=1S/C14H13BrN2O3S/c1-8-3-4-10(9(2)5-8)13(19)20-7-12(18)17-14-16-6-11(15)21-14/h3-6H,7H2,1-2H3,(H,16,17,18). The summed E-state index contributed by atoms with van der Waals surface area (Å²) in [7, 11) is 0. The number of carbonyl (C=O) groups excluding carboxylic acids is 2. The number of amides is 1. The first kappa shape index (κ1) is 15.7. The van der Waals surface area contributed by atoms with E-state index in [1.54, 1.807) is 12.3 Å². The summed E-state index contributed by atoms with van der Waals surface area (Å²) in [6.07, 6.45) is 1.59. The number of halogens is 1. The molecule has 1 aromatic carbocycles. The Labute approximate surface area is 134 Å². The van der Waals surface area contributed by atoms with Crippen molar-refractivity contribution in [3.63, 3.8) is 0 Å². The van der Waals surface area contributed by atoms with Crippen LogP contribution >= 0.6 is 27.3 Å². The van der Waals surface area contributed by atoms with Crippen LogP contribution in [0.15, 0.2) is 28.2 Å². The van der Waals surface area contributed by atoms with Crippen molar-refractivity contribution in [1.29, 1.82) is 0 Å². The van der Waals surface area contributed by atoms with Gasteiger partial charge in [-0.2, -0.15) is 0 Å². The van der Waals surface area contributed by atoms with E-state index in [1.165, 1.54) is 11.3 Å². The molecule has 0 spiro atoms. The summed E-state index contributed by atoms with van der Waals surface area (Å²) in [5.41, 5.74) is 2.35. The number of benzene rings is 1. The van der Waals surface area contributed by atoms with E-state index in [4.69, 9.17) is 4.74 Å². The van der Waals surface area contributed by atoms with E-state index in [1.807, 2.05) is 26.0 Å². The zero-order valence-electron chi connectivity index (χ0n) is 11.5. The summed E-state index contributed by atoms with van der Waals surface area (Å²) in [6.45, 7) is 3.43. The minimum absolute atomic E-state index is 0.344. The average Bonchev–Trinajstić information content (AvgIpc) is 2.81. The van der Waals surface area contributed by atoms with Gasteiger partial charge in [0, 0.05) is 0 Å². The minimum Gasteiger partial charge on any atom is -0.452 e. The van der Waals surface area contributed by atoms with E-state index >= 15 is 0 Å². The predicted octanol–water partition coefficient (Wildman–Crippen LogP) is 3.32. The van der Waals surface area contributed by atoms with Gasteiger partial charge in [-0.15, -0.1) is 0 Å². The SMILES string of the molecule is Cc1ccc(C(=O)OCC(=O)Nc2ncc(Br)s2)c(C)c1. The van der Waals surface area contributed by atoms with Gasteiger partial charge in [-0.05, 0) is 41.4 Å². The highest BCUT2D eigenvalue weighted by atomic mass is 79.9. The highest BCUT2D eigenvalue weighted by molar-refractivity contribution is 9.11. The van der Waals surface area contributed by atoms with Crippen molar-refractivity contribution in [2.45, 2.75) is 13.8 Å². The molecule has 1 aromatic heterocycles. The molecule has 0 bridgehead atoms. The van der Waals surface area contributed by atoms with Gasteiger partial charge in [-0.3, -0.25) is 10.1 Å². The summed E-state index contributed by atoms with van der Waals surface area (Å²) < 4.78 is 5.81. The molecule has 0 atom stereocenters. The van der Waals surface area contributed by atoms with Gasteiger partial charge in [0.1, 0.15) is 0 Å². The second-order valence-electron chi connectivity index (χ2n) is 4.41. The van der Waals surface area contributed by atoms with E-state index < -0.39 is 11.9 Å². The molecule has 0 saturated carbocycles. The molecule has 0 radical (unpaired) electrons. The Kier molecular flexibility index (Phi) is 5.08. The van der Waals surface area contributed by atoms with Crippen molar-refractivity contribution in [3.8, 4) is 0 Å². The Morgan fingerprint density at radius 1 is 1.38 bits per heavy atom. The number of anilines is 1. The number of esters is 1. The van der Waals surface area contributed by atoms with Crippen LogP contribution in [0.1, 0.15) is 21.5 Å². The van der Waals surface area contributed by atoms with E-state index in [9.17, 15) is 9.59 Å². The number of nitrogens with one attached hydrogen (secondary N) is 1. The fraction of sp³-hybridized carbons (Fsp3) is 0.214. The highest BCUT2D eigenvalue weighted by Crippen LogP contribution is 2.22. The smallest absolute Gasteiger partial charge is 0.338 e. The first-order valence-corrected chi connectivity index (χ1v) is 7.72. The molecule has 0 fully saturated rings. The van der Waals surface area contributed by atoms with Crippen LogP contribution in [0.4, 0.5) is 5.13 Å². The van der Waals surface area contributed by atoms with Gasteiger partial charge in [0.2, 0.25) is 0 Å². The Hall–Kier alpha value is -1.73.